The molecular formula is C33H60O13. The van der Waals surface area contributed by atoms with Crippen molar-refractivity contribution in [1.82, 2.24) is 0 Å². The van der Waals surface area contributed by atoms with Crippen molar-refractivity contribution in [2.45, 2.75) is 171 Å². The van der Waals surface area contributed by atoms with Gasteiger partial charge < -0.3 is 59.4 Å². The predicted octanol–water partition coefficient (Wildman–Crippen LogP) is 1.60. The molecule has 0 saturated carbocycles. The van der Waals surface area contributed by atoms with Gasteiger partial charge in [0, 0.05) is 6.42 Å². The topological polar surface area (TPSA) is 205 Å². The Bertz CT molecular complexity index is 827. The van der Waals surface area contributed by atoms with E-state index in [1.54, 1.807) is 0 Å². The number of unbranched alkanes of at least 4 members (excludes halogenated alkanes) is 9. The van der Waals surface area contributed by atoms with E-state index in [1.165, 1.54) is 6.42 Å². The van der Waals surface area contributed by atoms with Gasteiger partial charge in [-0.1, -0.05) is 57.6 Å². The first-order valence-corrected chi connectivity index (χ1v) is 17.2. The van der Waals surface area contributed by atoms with Crippen molar-refractivity contribution in [3.05, 3.63) is 12.2 Å². The van der Waals surface area contributed by atoms with Crippen LogP contribution in [0.2, 0.25) is 0 Å². The van der Waals surface area contributed by atoms with E-state index in [4.69, 9.17) is 23.7 Å². The van der Waals surface area contributed by atoms with E-state index in [0.717, 1.165) is 70.6 Å². The van der Waals surface area contributed by atoms with Crippen molar-refractivity contribution in [2.24, 2.45) is 0 Å². The molecule has 2 fully saturated rings. The first-order chi connectivity index (χ1) is 22.1. The van der Waals surface area contributed by atoms with Gasteiger partial charge in [-0.3, -0.25) is 4.79 Å². The second kappa shape index (κ2) is 23.2. The van der Waals surface area contributed by atoms with E-state index in [-0.39, 0.29) is 12.1 Å². The summed E-state index contributed by atoms with van der Waals surface area (Å²) in [6.45, 7) is 3.11. The number of aliphatic hydroxyl groups excluding tert-OH is 7. The predicted molar refractivity (Wildman–Crippen MR) is 167 cm³/mol. The molecule has 0 aliphatic carbocycles. The minimum absolute atomic E-state index is 0.0860. The third-order valence-corrected chi connectivity index (χ3v) is 8.45. The minimum Gasteiger partial charge on any atom is -0.466 e. The first-order valence-electron chi connectivity index (χ1n) is 17.2. The highest BCUT2D eigenvalue weighted by Crippen LogP contribution is 2.30. The smallest absolute Gasteiger partial charge is 0.305 e. The molecule has 0 aromatic heterocycles. The molecule has 11 atom stereocenters. The highest BCUT2D eigenvalue weighted by atomic mass is 16.8. The third-order valence-electron chi connectivity index (χ3n) is 8.45. The van der Waals surface area contributed by atoms with Crippen molar-refractivity contribution in [1.29, 1.82) is 0 Å². The molecule has 11 unspecified atom stereocenters. The number of hydrogen-bond donors (Lipinski definition) is 7. The number of hydrogen-bond acceptors (Lipinski definition) is 13. The van der Waals surface area contributed by atoms with Crippen LogP contribution in [0.3, 0.4) is 0 Å². The Morgan fingerprint density at radius 2 is 1.26 bits per heavy atom. The summed E-state index contributed by atoms with van der Waals surface area (Å²) in [6, 6.07) is 0. The Morgan fingerprint density at radius 1 is 0.717 bits per heavy atom. The molecule has 46 heavy (non-hydrogen) atoms. The lowest BCUT2D eigenvalue weighted by molar-refractivity contribution is -0.371. The molecule has 2 aliphatic heterocycles. The standard InChI is InChI=1S/C33H60O13/c1-3-19-42-25(36)18-16-14-12-10-8-6-4-5-7-9-11-13-15-17-22(2)43-33-31(29(40)27(38)24(21-35)45-33)46-32-30(41)28(39)26(37)23(20-34)44-32/h4-5,22-24,26-35,37-41H,3,6-21H2,1-2H3/b5-4-. The maximum atomic E-state index is 11.5. The lowest BCUT2D eigenvalue weighted by Gasteiger charge is -2.46. The van der Waals surface area contributed by atoms with E-state index in [9.17, 15) is 40.5 Å². The van der Waals surface area contributed by atoms with Crippen LogP contribution in [0.1, 0.15) is 104 Å². The van der Waals surface area contributed by atoms with Gasteiger partial charge in [-0.05, 0) is 51.9 Å². The highest BCUT2D eigenvalue weighted by molar-refractivity contribution is 5.69. The van der Waals surface area contributed by atoms with E-state index in [2.05, 4.69) is 12.2 Å². The summed E-state index contributed by atoms with van der Waals surface area (Å²) >= 11 is 0. The Labute approximate surface area is 273 Å². The molecule has 270 valence electrons. The average Bonchev–Trinajstić information content (AvgIpc) is 3.05. The number of carbonyl (C=O) groups excluding carboxylic acids is 1. The van der Waals surface area contributed by atoms with Gasteiger partial charge in [0.15, 0.2) is 12.6 Å². The van der Waals surface area contributed by atoms with E-state index >= 15 is 0 Å². The number of aliphatic hydroxyl groups is 7. The number of rotatable bonds is 23. The minimum atomic E-state index is -1.71. The molecule has 2 aliphatic rings. The number of carbonyl (C=O) groups is 1. The number of esters is 1. The highest BCUT2D eigenvalue weighted by Gasteiger charge is 2.51. The summed E-state index contributed by atoms with van der Waals surface area (Å²) in [5.41, 5.74) is 0. The van der Waals surface area contributed by atoms with Gasteiger partial charge in [-0.2, -0.15) is 0 Å². The molecule has 0 bridgehead atoms. The second-order valence-electron chi connectivity index (χ2n) is 12.4. The van der Waals surface area contributed by atoms with Crippen LogP contribution in [0, 0.1) is 0 Å². The summed E-state index contributed by atoms with van der Waals surface area (Å²) in [5.74, 6) is -0.0860. The van der Waals surface area contributed by atoms with Crippen molar-refractivity contribution in [3.63, 3.8) is 0 Å². The normalized spacial score (nSPS) is 32.5. The van der Waals surface area contributed by atoms with Crippen molar-refractivity contribution in [3.8, 4) is 0 Å². The molecule has 0 amide bonds. The monoisotopic (exact) mass is 664 g/mol. The van der Waals surface area contributed by atoms with Crippen LogP contribution >= 0.6 is 0 Å². The molecule has 13 nitrogen and oxygen atoms in total. The van der Waals surface area contributed by atoms with Crippen LogP contribution in [0.5, 0.6) is 0 Å². The molecule has 0 radical (unpaired) electrons. The van der Waals surface area contributed by atoms with Crippen LogP contribution in [-0.2, 0) is 28.5 Å². The van der Waals surface area contributed by atoms with Gasteiger partial charge >= 0.3 is 5.97 Å². The third kappa shape index (κ3) is 14.1. The fraction of sp³-hybridized carbons (Fsp3) is 0.909. The fourth-order valence-corrected chi connectivity index (χ4v) is 5.58. The van der Waals surface area contributed by atoms with Gasteiger partial charge in [-0.25, -0.2) is 0 Å². The zero-order valence-electron chi connectivity index (χ0n) is 27.6. The molecule has 0 aromatic rings. The zero-order chi connectivity index (χ0) is 33.9. The van der Waals surface area contributed by atoms with E-state index in [0.29, 0.717) is 19.4 Å². The zero-order valence-corrected chi connectivity index (χ0v) is 27.6. The van der Waals surface area contributed by atoms with Crippen molar-refractivity contribution < 1.29 is 64.2 Å². The average molecular weight is 665 g/mol. The summed E-state index contributed by atoms with van der Waals surface area (Å²) in [7, 11) is 0. The lowest BCUT2D eigenvalue weighted by atomic mass is 9.97. The molecule has 2 heterocycles. The molecule has 0 spiro atoms. The Balaban J connectivity index is 1.64. The number of ether oxygens (including phenoxy) is 5. The van der Waals surface area contributed by atoms with E-state index < -0.39 is 74.6 Å². The number of allylic oxidation sites excluding steroid dienone is 2. The van der Waals surface area contributed by atoms with Crippen molar-refractivity contribution in [2.75, 3.05) is 19.8 Å². The Morgan fingerprint density at radius 3 is 1.87 bits per heavy atom. The van der Waals surface area contributed by atoms with Gasteiger partial charge in [0.05, 0.1) is 25.9 Å². The summed E-state index contributed by atoms with van der Waals surface area (Å²) in [5, 5.41) is 70.8. The largest absolute Gasteiger partial charge is 0.466 e. The molecule has 2 rings (SSSR count). The van der Waals surface area contributed by atoms with Crippen LogP contribution in [0.25, 0.3) is 0 Å². The Hall–Kier alpha value is -1.23. The van der Waals surface area contributed by atoms with Crippen LogP contribution < -0.4 is 0 Å². The van der Waals surface area contributed by atoms with Crippen molar-refractivity contribution >= 4 is 5.97 Å². The molecular weight excluding hydrogens is 604 g/mol. The quantitative estimate of drug-likeness (QED) is 0.0472. The molecule has 13 heteroatoms. The van der Waals surface area contributed by atoms with Gasteiger partial charge in [-0.15, -0.1) is 0 Å². The van der Waals surface area contributed by atoms with Crippen LogP contribution in [0.15, 0.2) is 12.2 Å². The van der Waals surface area contributed by atoms with E-state index in [1.807, 2.05) is 13.8 Å². The summed E-state index contributed by atoms with van der Waals surface area (Å²) in [4.78, 5) is 11.5. The molecule has 0 aromatic carbocycles. The van der Waals surface area contributed by atoms with Gasteiger partial charge in [0.2, 0.25) is 0 Å². The maximum Gasteiger partial charge on any atom is 0.305 e. The first kappa shape index (κ1) is 40.9. The molecule has 7 N–H and O–H groups in total. The van der Waals surface area contributed by atoms with Crippen LogP contribution in [-0.4, -0.2) is 129 Å². The Kier molecular flexibility index (Phi) is 20.6. The summed E-state index contributed by atoms with van der Waals surface area (Å²) < 4.78 is 27.9. The lowest BCUT2D eigenvalue weighted by Crippen LogP contribution is -2.64. The molecule has 2 saturated heterocycles. The fourth-order valence-electron chi connectivity index (χ4n) is 5.58. The van der Waals surface area contributed by atoms with Gasteiger partial charge in [0.1, 0.15) is 48.8 Å². The summed E-state index contributed by atoms with van der Waals surface area (Å²) in [6.07, 6.45) is 3.18. The SMILES string of the molecule is CCCOC(=O)CCCCCCC/C=C\CCCCCCC(C)OC1OC(CO)C(O)C(O)C1OC1OC(CO)C(O)C(O)C1O. The second-order valence-corrected chi connectivity index (χ2v) is 12.4. The maximum absolute atomic E-state index is 11.5. The van der Waals surface area contributed by atoms with Crippen LogP contribution in [0.4, 0.5) is 0 Å². The van der Waals surface area contributed by atoms with Gasteiger partial charge in [0.25, 0.3) is 0 Å².